The van der Waals surface area contributed by atoms with E-state index in [-0.39, 0.29) is 18.2 Å². The predicted octanol–water partition coefficient (Wildman–Crippen LogP) is 8.11. The van der Waals surface area contributed by atoms with Crippen LogP contribution in [0.4, 0.5) is 13.2 Å². The Kier molecular flexibility index (Phi) is 7.97. The summed E-state index contributed by atoms with van der Waals surface area (Å²) in [6, 6.07) is 16.5. The Bertz CT molecular complexity index is 1960. The molecule has 0 saturated heterocycles. The van der Waals surface area contributed by atoms with Crippen LogP contribution >= 0.6 is 0 Å². The van der Waals surface area contributed by atoms with Crippen molar-refractivity contribution in [3.63, 3.8) is 0 Å². The van der Waals surface area contributed by atoms with Gasteiger partial charge in [0.15, 0.2) is 6.10 Å². The first-order valence-corrected chi connectivity index (χ1v) is 14.6. The average Bonchev–Trinajstić information content (AvgIpc) is 2.98. The van der Waals surface area contributed by atoms with E-state index in [1.165, 1.54) is 18.2 Å². The molecule has 0 amide bonds. The molecule has 3 heterocycles. The van der Waals surface area contributed by atoms with Gasteiger partial charge in [0, 0.05) is 40.6 Å². The number of fused-ring (bicyclic) bond motifs is 1. The third-order valence-corrected chi connectivity index (χ3v) is 7.53. The highest BCUT2D eigenvalue weighted by Crippen LogP contribution is 2.45. The Hall–Kier alpha value is -4.90. The Morgan fingerprint density at radius 1 is 1.07 bits per heavy atom. The molecule has 1 unspecified atom stereocenters. The van der Waals surface area contributed by atoms with Crippen LogP contribution < -0.4 is 14.2 Å². The first kappa shape index (κ1) is 31.1. The van der Waals surface area contributed by atoms with E-state index >= 15 is 0 Å². The van der Waals surface area contributed by atoms with Gasteiger partial charge >= 0.3 is 12.3 Å². The van der Waals surface area contributed by atoms with E-state index in [0.29, 0.717) is 56.6 Å². The van der Waals surface area contributed by atoms with Crippen LogP contribution in [0.15, 0.2) is 66.9 Å². The summed E-state index contributed by atoms with van der Waals surface area (Å²) >= 11 is 0. The number of aromatic nitrogens is 2. The van der Waals surface area contributed by atoms with Crippen LogP contribution in [0.2, 0.25) is 0 Å². The minimum Gasteiger partial charge on any atom is -0.493 e. The molecule has 6 rings (SSSR count). The van der Waals surface area contributed by atoms with Crippen LogP contribution in [0.5, 0.6) is 17.4 Å². The van der Waals surface area contributed by atoms with Gasteiger partial charge in [-0.2, -0.15) is 0 Å². The van der Waals surface area contributed by atoms with Crippen LogP contribution in [-0.4, -0.2) is 39.6 Å². The zero-order chi connectivity index (χ0) is 32.8. The summed E-state index contributed by atoms with van der Waals surface area (Å²) in [6.45, 7) is 7.71. The number of alkyl halides is 3. The van der Waals surface area contributed by atoms with Crippen molar-refractivity contribution in [1.29, 1.82) is 0 Å². The fourth-order valence-corrected chi connectivity index (χ4v) is 5.79. The molecule has 1 N–H and O–H groups in total. The molecule has 1 atom stereocenters. The molecule has 2 aromatic heterocycles. The molecule has 1 aliphatic heterocycles. The van der Waals surface area contributed by atoms with E-state index in [4.69, 9.17) is 24.2 Å². The minimum atomic E-state index is -4.81. The lowest BCUT2D eigenvalue weighted by molar-refractivity contribution is -0.274. The monoisotopic (exact) mass is 632 g/mol. The van der Waals surface area contributed by atoms with E-state index in [1.54, 1.807) is 51.2 Å². The SMILES string of the molecule is Cc1cc2nc(OCc3cccc(OC(F)(F)F)c3)ccc2c(-c2ccc3c4c(ccnc24)CCO3)c1C(OC(C)(C)C)C(=O)O. The molecular weight excluding hydrogens is 601 g/mol. The number of nitrogens with zero attached hydrogens (tertiary/aromatic N) is 2. The number of ether oxygens (including phenoxy) is 4. The zero-order valence-corrected chi connectivity index (χ0v) is 25.6. The number of carboxylic acids is 1. The summed E-state index contributed by atoms with van der Waals surface area (Å²) in [5.74, 6) is -0.538. The van der Waals surface area contributed by atoms with Crippen molar-refractivity contribution in [2.24, 2.45) is 0 Å². The Balaban J connectivity index is 1.49. The topological polar surface area (TPSA) is 100 Å². The van der Waals surface area contributed by atoms with Crippen LogP contribution in [-0.2, 0) is 22.6 Å². The number of pyridine rings is 2. The Morgan fingerprint density at radius 3 is 2.61 bits per heavy atom. The van der Waals surface area contributed by atoms with Crippen molar-refractivity contribution >= 4 is 27.8 Å². The lowest BCUT2D eigenvalue weighted by Crippen LogP contribution is -2.28. The van der Waals surface area contributed by atoms with E-state index < -0.39 is 24.0 Å². The number of halogens is 3. The second-order valence-corrected chi connectivity index (χ2v) is 12.0. The molecule has 0 saturated carbocycles. The summed E-state index contributed by atoms with van der Waals surface area (Å²) in [6.07, 6.45) is -3.65. The fraction of sp³-hybridized carbons (Fsp3) is 0.286. The van der Waals surface area contributed by atoms with Crippen LogP contribution in [0.1, 0.15) is 49.1 Å². The van der Waals surface area contributed by atoms with Crippen LogP contribution in [0, 0.1) is 6.92 Å². The van der Waals surface area contributed by atoms with Crippen molar-refractivity contribution in [3.05, 3.63) is 89.1 Å². The van der Waals surface area contributed by atoms with Crippen molar-refractivity contribution in [1.82, 2.24) is 9.97 Å². The van der Waals surface area contributed by atoms with Gasteiger partial charge in [0.1, 0.15) is 18.1 Å². The smallest absolute Gasteiger partial charge is 0.493 e. The number of hydrogen-bond donors (Lipinski definition) is 1. The fourth-order valence-electron chi connectivity index (χ4n) is 5.79. The van der Waals surface area contributed by atoms with Gasteiger partial charge in [-0.15, -0.1) is 13.2 Å². The average molecular weight is 633 g/mol. The van der Waals surface area contributed by atoms with Crippen molar-refractivity contribution in [3.8, 4) is 28.5 Å². The molecule has 11 heteroatoms. The zero-order valence-electron chi connectivity index (χ0n) is 25.6. The summed E-state index contributed by atoms with van der Waals surface area (Å²) in [5.41, 5.74) is 4.40. The molecule has 0 fully saturated rings. The van der Waals surface area contributed by atoms with Crippen LogP contribution in [0.25, 0.3) is 32.9 Å². The summed E-state index contributed by atoms with van der Waals surface area (Å²) in [4.78, 5) is 22.2. The Morgan fingerprint density at radius 2 is 1.87 bits per heavy atom. The standard InChI is InChI=1S/C35H31F3N2O6/c1-19-16-25-23(9-11-27(40-25)44-18-20-6-5-7-22(17-20)45-35(36,37)38)30(28(19)32(33(41)42)46-34(2,3)4)24-8-10-26-29-21(13-15-43-26)12-14-39-31(24)29/h5-12,14,16-17,32H,13,15,18H2,1-4H3,(H,41,42). The summed E-state index contributed by atoms with van der Waals surface area (Å²) < 4.78 is 60.1. The van der Waals surface area contributed by atoms with Gasteiger partial charge in [-0.25, -0.2) is 9.78 Å². The number of carbonyl (C=O) groups is 1. The maximum atomic E-state index is 12.8. The molecule has 0 spiro atoms. The maximum absolute atomic E-state index is 12.8. The normalized spacial score (nSPS) is 13.8. The van der Waals surface area contributed by atoms with Gasteiger partial charge in [-0.05, 0) is 92.4 Å². The highest BCUT2D eigenvalue weighted by molar-refractivity contribution is 6.08. The Labute approximate surface area is 262 Å². The quantitative estimate of drug-likeness (QED) is 0.183. The largest absolute Gasteiger partial charge is 0.573 e. The third kappa shape index (κ3) is 6.41. The number of aliphatic carboxylic acids is 1. The van der Waals surface area contributed by atoms with Gasteiger partial charge in [0.05, 0.1) is 23.2 Å². The van der Waals surface area contributed by atoms with Gasteiger partial charge in [-0.3, -0.25) is 4.98 Å². The number of aryl methyl sites for hydroxylation is 1. The summed E-state index contributed by atoms with van der Waals surface area (Å²) in [7, 11) is 0. The lowest BCUT2D eigenvalue weighted by Gasteiger charge is -2.29. The summed E-state index contributed by atoms with van der Waals surface area (Å²) in [5, 5.41) is 12.0. The second-order valence-electron chi connectivity index (χ2n) is 12.0. The molecule has 8 nitrogen and oxygen atoms in total. The van der Waals surface area contributed by atoms with Crippen molar-refractivity contribution < 1.29 is 42.0 Å². The van der Waals surface area contributed by atoms with Gasteiger partial charge < -0.3 is 24.1 Å². The number of benzene rings is 3. The molecular formula is C35H31F3N2O6. The molecule has 1 aliphatic rings. The first-order valence-electron chi connectivity index (χ1n) is 14.6. The number of hydrogen-bond acceptors (Lipinski definition) is 7. The van der Waals surface area contributed by atoms with E-state index in [1.807, 2.05) is 25.1 Å². The molecule has 0 aliphatic carbocycles. The van der Waals surface area contributed by atoms with Crippen LogP contribution in [0.3, 0.4) is 0 Å². The molecule has 0 radical (unpaired) electrons. The number of rotatable bonds is 8. The number of carboxylic acid groups (broad SMARTS) is 1. The molecule has 3 aromatic carbocycles. The van der Waals surface area contributed by atoms with Crippen molar-refractivity contribution in [2.75, 3.05) is 6.61 Å². The molecule has 0 bridgehead atoms. The van der Waals surface area contributed by atoms with E-state index in [0.717, 1.165) is 17.4 Å². The van der Waals surface area contributed by atoms with Gasteiger partial charge in [-0.1, -0.05) is 12.1 Å². The maximum Gasteiger partial charge on any atom is 0.573 e. The van der Waals surface area contributed by atoms with E-state index in [2.05, 4.69) is 4.74 Å². The lowest BCUT2D eigenvalue weighted by atomic mass is 9.86. The minimum absolute atomic E-state index is 0.0587. The predicted molar refractivity (Wildman–Crippen MR) is 165 cm³/mol. The first-order chi connectivity index (χ1) is 21.8. The highest BCUT2D eigenvalue weighted by Gasteiger charge is 2.33. The molecule has 46 heavy (non-hydrogen) atoms. The van der Waals surface area contributed by atoms with Crippen molar-refractivity contribution in [2.45, 2.75) is 58.8 Å². The van der Waals surface area contributed by atoms with E-state index in [9.17, 15) is 23.1 Å². The molecule has 5 aromatic rings. The highest BCUT2D eigenvalue weighted by atomic mass is 19.4. The van der Waals surface area contributed by atoms with Gasteiger partial charge in [0.2, 0.25) is 5.88 Å². The second kappa shape index (κ2) is 11.8. The molecule has 238 valence electrons. The van der Waals surface area contributed by atoms with Gasteiger partial charge in [0.25, 0.3) is 0 Å². The third-order valence-electron chi connectivity index (χ3n) is 7.53.